The molecule has 0 spiro atoms. The highest BCUT2D eigenvalue weighted by molar-refractivity contribution is 5.86. The summed E-state index contributed by atoms with van der Waals surface area (Å²) in [6, 6.07) is 13.0. The van der Waals surface area contributed by atoms with Gasteiger partial charge in [0.15, 0.2) is 0 Å². The Hall–Kier alpha value is -1.38. The topological polar surface area (TPSA) is 21.8 Å². The maximum Gasteiger partial charge on any atom is 0.104 e. The summed E-state index contributed by atoms with van der Waals surface area (Å²) in [6.07, 6.45) is 1.55. The van der Waals surface area contributed by atoms with Gasteiger partial charge < -0.3 is 9.47 Å². The van der Waals surface area contributed by atoms with Crippen LogP contribution in [-0.4, -0.2) is 25.4 Å². The van der Waals surface area contributed by atoms with Crippen molar-refractivity contribution < 1.29 is 9.47 Å². The maximum atomic E-state index is 5.81. The zero-order valence-electron chi connectivity index (χ0n) is 11.6. The summed E-state index contributed by atoms with van der Waals surface area (Å²) in [4.78, 5) is 0. The molecule has 0 saturated carbocycles. The summed E-state index contributed by atoms with van der Waals surface area (Å²) in [7, 11) is 0. The molecule has 0 aliphatic carbocycles. The summed E-state index contributed by atoms with van der Waals surface area (Å²) in [6.45, 7) is 5.93. The molecule has 1 aliphatic heterocycles. The molecule has 1 heterocycles. The van der Waals surface area contributed by atoms with E-state index >= 15 is 0 Å². The molecule has 3 rings (SSSR count). The first-order valence-electron chi connectivity index (χ1n) is 6.94. The van der Waals surface area contributed by atoms with Crippen molar-refractivity contribution in [2.75, 3.05) is 13.2 Å². The minimum Gasteiger partial charge on any atom is -0.375 e. The lowest BCUT2D eigenvalue weighted by molar-refractivity contribution is 0.0548. The normalized spacial score (nSPS) is 19.6. The van der Waals surface area contributed by atoms with Gasteiger partial charge in [-0.1, -0.05) is 36.4 Å². The van der Waals surface area contributed by atoms with Crippen molar-refractivity contribution >= 4 is 10.8 Å². The number of fused-ring (bicyclic) bond motifs is 1. The summed E-state index contributed by atoms with van der Waals surface area (Å²) >= 11 is 0. The van der Waals surface area contributed by atoms with Crippen LogP contribution in [0, 0.1) is 6.92 Å². The molecular weight excluding hydrogens is 236 g/mol. The highest BCUT2D eigenvalue weighted by Gasteiger charge is 2.23. The number of epoxide rings is 1. The van der Waals surface area contributed by atoms with Crippen LogP contribution in [0.15, 0.2) is 36.4 Å². The second-order valence-corrected chi connectivity index (χ2v) is 5.37. The van der Waals surface area contributed by atoms with Crippen LogP contribution in [0.5, 0.6) is 0 Å². The molecule has 0 N–H and O–H groups in total. The van der Waals surface area contributed by atoms with Crippen molar-refractivity contribution in [3.8, 4) is 0 Å². The average molecular weight is 256 g/mol. The number of aryl methyl sites for hydroxylation is 1. The molecule has 2 unspecified atom stereocenters. The van der Waals surface area contributed by atoms with Gasteiger partial charge in [-0.2, -0.15) is 0 Å². The van der Waals surface area contributed by atoms with Crippen LogP contribution in [0.1, 0.15) is 18.1 Å². The molecule has 1 fully saturated rings. The maximum absolute atomic E-state index is 5.81. The first-order valence-corrected chi connectivity index (χ1v) is 6.94. The van der Waals surface area contributed by atoms with E-state index in [0.29, 0.717) is 6.10 Å². The minimum absolute atomic E-state index is 0.240. The number of benzene rings is 2. The van der Waals surface area contributed by atoms with Gasteiger partial charge in [-0.15, -0.1) is 0 Å². The predicted molar refractivity (Wildman–Crippen MR) is 77.5 cm³/mol. The van der Waals surface area contributed by atoms with Gasteiger partial charge >= 0.3 is 0 Å². The van der Waals surface area contributed by atoms with Gasteiger partial charge in [-0.3, -0.25) is 0 Å². The Morgan fingerprint density at radius 3 is 2.84 bits per heavy atom. The van der Waals surface area contributed by atoms with Crippen LogP contribution in [0.2, 0.25) is 0 Å². The molecule has 100 valence electrons. The molecule has 2 nitrogen and oxygen atoms in total. The Balaban J connectivity index is 1.74. The second-order valence-electron chi connectivity index (χ2n) is 5.37. The fourth-order valence-corrected chi connectivity index (χ4v) is 2.50. The van der Waals surface area contributed by atoms with Gasteiger partial charge in [0.1, 0.15) is 6.10 Å². The predicted octanol–water partition coefficient (Wildman–Crippen LogP) is 3.49. The summed E-state index contributed by atoms with van der Waals surface area (Å²) in [5, 5.41) is 2.65. The third-order valence-electron chi connectivity index (χ3n) is 3.79. The van der Waals surface area contributed by atoms with Gasteiger partial charge in [0.25, 0.3) is 0 Å². The van der Waals surface area contributed by atoms with E-state index in [1.165, 1.54) is 21.9 Å². The van der Waals surface area contributed by atoms with E-state index in [9.17, 15) is 0 Å². The Kier molecular flexibility index (Phi) is 3.54. The molecule has 2 atom stereocenters. The Bertz CT molecular complexity index is 572. The Morgan fingerprint density at radius 1 is 1.26 bits per heavy atom. The third kappa shape index (κ3) is 2.96. The van der Waals surface area contributed by atoms with Crippen LogP contribution in [0.25, 0.3) is 10.8 Å². The van der Waals surface area contributed by atoms with Crippen LogP contribution in [-0.2, 0) is 15.9 Å². The molecule has 0 aromatic heterocycles. The average Bonchev–Trinajstić information content (AvgIpc) is 3.24. The van der Waals surface area contributed by atoms with E-state index in [-0.39, 0.29) is 6.10 Å². The van der Waals surface area contributed by atoms with Gasteiger partial charge in [0.2, 0.25) is 0 Å². The zero-order chi connectivity index (χ0) is 13.2. The summed E-state index contributed by atoms with van der Waals surface area (Å²) in [5.41, 5.74) is 2.75. The van der Waals surface area contributed by atoms with Gasteiger partial charge in [-0.05, 0) is 42.2 Å². The van der Waals surface area contributed by atoms with Gasteiger partial charge in [-0.25, -0.2) is 0 Å². The van der Waals surface area contributed by atoms with Crippen LogP contribution in [0.4, 0.5) is 0 Å². The van der Waals surface area contributed by atoms with Crippen molar-refractivity contribution in [1.82, 2.24) is 0 Å². The number of hydrogen-bond acceptors (Lipinski definition) is 2. The molecule has 1 saturated heterocycles. The lowest BCUT2D eigenvalue weighted by Gasteiger charge is -2.15. The number of hydrogen-bond donors (Lipinski definition) is 0. The zero-order valence-corrected chi connectivity index (χ0v) is 11.6. The number of ether oxygens (including phenoxy) is 2. The van der Waals surface area contributed by atoms with E-state index in [4.69, 9.17) is 9.47 Å². The van der Waals surface area contributed by atoms with Gasteiger partial charge in [0.05, 0.1) is 19.3 Å². The van der Waals surface area contributed by atoms with E-state index in [1.807, 2.05) is 0 Å². The van der Waals surface area contributed by atoms with Crippen LogP contribution >= 0.6 is 0 Å². The monoisotopic (exact) mass is 256 g/mol. The molecule has 2 aromatic carbocycles. The lowest BCUT2D eigenvalue weighted by Crippen LogP contribution is -2.15. The van der Waals surface area contributed by atoms with Crippen molar-refractivity contribution in [2.45, 2.75) is 32.5 Å². The summed E-state index contributed by atoms with van der Waals surface area (Å²) in [5.74, 6) is 0. The number of rotatable bonds is 5. The molecule has 19 heavy (non-hydrogen) atoms. The van der Waals surface area contributed by atoms with Crippen LogP contribution < -0.4 is 0 Å². The van der Waals surface area contributed by atoms with Gasteiger partial charge in [0, 0.05) is 0 Å². The van der Waals surface area contributed by atoms with E-state index < -0.39 is 0 Å². The van der Waals surface area contributed by atoms with Crippen molar-refractivity contribution in [3.63, 3.8) is 0 Å². The molecule has 0 bridgehead atoms. The third-order valence-corrected chi connectivity index (χ3v) is 3.79. The SMILES string of the molecule is Cc1c(CC(C)OCC2CO2)ccc2ccccc12. The molecule has 2 heteroatoms. The molecule has 0 radical (unpaired) electrons. The lowest BCUT2D eigenvalue weighted by atomic mass is 9.97. The van der Waals surface area contributed by atoms with Crippen molar-refractivity contribution in [1.29, 1.82) is 0 Å². The van der Waals surface area contributed by atoms with Crippen molar-refractivity contribution in [2.24, 2.45) is 0 Å². The quantitative estimate of drug-likeness (QED) is 0.764. The smallest absolute Gasteiger partial charge is 0.104 e. The van der Waals surface area contributed by atoms with Crippen LogP contribution in [0.3, 0.4) is 0 Å². The fourth-order valence-electron chi connectivity index (χ4n) is 2.50. The summed E-state index contributed by atoms with van der Waals surface area (Å²) < 4.78 is 11.0. The standard InChI is InChI=1S/C17H20O2/c1-12(18-10-16-11-19-16)9-15-8-7-14-5-3-4-6-17(14)13(15)2/h3-8,12,16H,9-11H2,1-2H3. The Labute approximate surface area is 114 Å². The first kappa shape index (κ1) is 12.6. The Morgan fingerprint density at radius 2 is 2.05 bits per heavy atom. The molecule has 2 aromatic rings. The first-order chi connectivity index (χ1) is 9.24. The largest absolute Gasteiger partial charge is 0.375 e. The van der Waals surface area contributed by atoms with E-state index in [0.717, 1.165) is 19.6 Å². The highest BCUT2D eigenvalue weighted by Crippen LogP contribution is 2.23. The molecule has 0 amide bonds. The minimum atomic E-state index is 0.240. The highest BCUT2D eigenvalue weighted by atomic mass is 16.6. The molecule has 1 aliphatic rings. The second kappa shape index (κ2) is 5.32. The van der Waals surface area contributed by atoms with E-state index in [2.05, 4.69) is 50.2 Å². The molecular formula is C17H20O2. The van der Waals surface area contributed by atoms with Crippen molar-refractivity contribution in [3.05, 3.63) is 47.5 Å². The van der Waals surface area contributed by atoms with E-state index in [1.54, 1.807) is 0 Å². The fraction of sp³-hybridized carbons (Fsp3) is 0.412.